The number of para-hydroxylation sites is 3. The molecule has 5 aromatic carbocycles. The van der Waals surface area contributed by atoms with Crippen molar-refractivity contribution >= 4 is 40.9 Å². The Labute approximate surface area is 226 Å². The summed E-state index contributed by atoms with van der Waals surface area (Å²) in [5.41, 5.74) is 6.44. The summed E-state index contributed by atoms with van der Waals surface area (Å²) in [5.74, 6) is 0. The van der Waals surface area contributed by atoms with Gasteiger partial charge in [-0.15, -0.1) is 59.7 Å². The molecule has 0 atom stereocenters. The van der Waals surface area contributed by atoms with Crippen LogP contribution in [-0.4, -0.2) is 12.4 Å². The van der Waals surface area contributed by atoms with Crippen molar-refractivity contribution in [1.29, 1.82) is 0 Å². The van der Waals surface area contributed by atoms with Crippen molar-refractivity contribution in [2.24, 2.45) is 9.98 Å². The van der Waals surface area contributed by atoms with Crippen molar-refractivity contribution in [1.82, 2.24) is 0 Å². The second kappa shape index (κ2) is 12.6. The first kappa shape index (κ1) is 25.0. The van der Waals surface area contributed by atoms with E-state index in [1.54, 1.807) is 0 Å². The van der Waals surface area contributed by atoms with E-state index in [-0.39, 0.29) is 20.4 Å². The molecule has 0 unspecified atom stereocenters. The number of hydrogen-bond donors (Lipinski definition) is 0. The van der Waals surface area contributed by atoms with Crippen LogP contribution in [-0.2, 0) is 20.4 Å². The summed E-state index contributed by atoms with van der Waals surface area (Å²) in [7, 11) is 0. The van der Waals surface area contributed by atoms with Gasteiger partial charge in [-0.1, -0.05) is 54.6 Å². The fourth-order valence-electron chi connectivity index (χ4n) is 3.66. The molecule has 0 bridgehead atoms. The van der Waals surface area contributed by atoms with Gasteiger partial charge in [-0.05, 0) is 60.2 Å². The van der Waals surface area contributed by atoms with Crippen LogP contribution in [0.5, 0.6) is 0 Å². The van der Waals surface area contributed by atoms with Crippen LogP contribution in [0.1, 0.15) is 11.1 Å². The molecule has 5 aromatic rings. The van der Waals surface area contributed by atoms with Gasteiger partial charge in [0.05, 0.1) is 11.4 Å². The maximum absolute atomic E-state index is 4.59. The van der Waals surface area contributed by atoms with Gasteiger partial charge in [0.25, 0.3) is 0 Å². The van der Waals surface area contributed by atoms with E-state index in [1.165, 1.54) is 0 Å². The quantitative estimate of drug-likeness (QED) is 0.113. The zero-order valence-corrected chi connectivity index (χ0v) is 21.0. The van der Waals surface area contributed by atoms with Gasteiger partial charge in [-0.25, -0.2) is 0 Å². The number of hydrogen-bond acceptors (Lipinski definition) is 3. The number of nitrogens with zero attached hydrogens (tertiary/aromatic N) is 3. The molecule has 3 nitrogen and oxygen atoms in total. The SMILES string of the molecule is [Pd+2].[c-]1c(C=Nc2ccccc2)cccc1N(c1[c-]c(C=Nc2ccccc2)ccc1)c1ccccc1. The Morgan fingerprint density at radius 3 is 1.33 bits per heavy atom. The summed E-state index contributed by atoms with van der Waals surface area (Å²) >= 11 is 0. The van der Waals surface area contributed by atoms with E-state index in [9.17, 15) is 0 Å². The van der Waals surface area contributed by atoms with Crippen molar-refractivity contribution < 1.29 is 20.4 Å². The van der Waals surface area contributed by atoms with Crippen LogP contribution in [0.3, 0.4) is 0 Å². The molecule has 0 aromatic heterocycles. The van der Waals surface area contributed by atoms with Crippen molar-refractivity contribution in [2.75, 3.05) is 4.90 Å². The summed E-state index contributed by atoms with van der Waals surface area (Å²) in [6, 6.07) is 49.2. The summed E-state index contributed by atoms with van der Waals surface area (Å²) in [6.07, 6.45) is 3.68. The average molecular weight is 556 g/mol. The molecule has 0 radical (unpaired) electrons. The topological polar surface area (TPSA) is 28.0 Å². The monoisotopic (exact) mass is 555 g/mol. The van der Waals surface area contributed by atoms with Gasteiger partial charge >= 0.3 is 20.4 Å². The predicted molar refractivity (Wildman–Crippen MR) is 146 cm³/mol. The maximum Gasteiger partial charge on any atom is 2.00 e. The van der Waals surface area contributed by atoms with Gasteiger partial charge in [0.15, 0.2) is 0 Å². The van der Waals surface area contributed by atoms with Crippen LogP contribution in [0, 0.1) is 12.1 Å². The fourth-order valence-corrected chi connectivity index (χ4v) is 3.66. The minimum atomic E-state index is 0. The molecule has 0 aliphatic carbocycles. The molecule has 0 spiro atoms. The summed E-state index contributed by atoms with van der Waals surface area (Å²) in [5, 5.41) is 0. The van der Waals surface area contributed by atoms with Gasteiger partial charge in [0.2, 0.25) is 0 Å². The van der Waals surface area contributed by atoms with Crippen LogP contribution in [0.25, 0.3) is 0 Å². The Morgan fingerprint density at radius 1 is 0.472 bits per heavy atom. The molecule has 36 heavy (non-hydrogen) atoms. The minimum absolute atomic E-state index is 0. The third-order valence-electron chi connectivity index (χ3n) is 5.32. The molecule has 4 heteroatoms. The average Bonchev–Trinajstić information content (AvgIpc) is 2.93. The Hall–Kier alpha value is -4.10. The van der Waals surface area contributed by atoms with Crippen molar-refractivity contribution in [3.05, 3.63) is 151 Å². The molecule has 176 valence electrons. The van der Waals surface area contributed by atoms with E-state index in [0.29, 0.717) is 0 Å². The second-order valence-electron chi connectivity index (χ2n) is 7.84. The third-order valence-corrected chi connectivity index (χ3v) is 5.32. The molecular weight excluding hydrogens is 533 g/mol. The first-order chi connectivity index (χ1) is 17.3. The number of anilines is 3. The van der Waals surface area contributed by atoms with E-state index in [1.807, 2.05) is 128 Å². The Bertz CT molecular complexity index is 1340. The minimum Gasteiger partial charge on any atom is -0.346 e. The molecule has 0 aliphatic heterocycles. The fraction of sp³-hybridized carbons (Fsp3) is 0. The van der Waals surface area contributed by atoms with E-state index >= 15 is 0 Å². The summed E-state index contributed by atoms with van der Waals surface area (Å²) < 4.78 is 0. The second-order valence-corrected chi connectivity index (χ2v) is 7.84. The Balaban J connectivity index is 0.00000304. The van der Waals surface area contributed by atoms with Gasteiger partial charge < -0.3 is 14.9 Å². The van der Waals surface area contributed by atoms with E-state index < -0.39 is 0 Å². The zero-order chi connectivity index (χ0) is 23.7. The van der Waals surface area contributed by atoms with Gasteiger partial charge in [-0.3, -0.25) is 0 Å². The maximum atomic E-state index is 4.59. The normalized spacial score (nSPS) is 10.9. The number of aliphatic imine (C=N–C) groups is 2. The largest absolute Gasteiger partial charge is 2.00 e. The summed E-state index contributed by atoms with van der Waals surface area (Å²) in [6.45, 7) is 0. The van der Waals surface area contributed by atoms with Crippen LogP contribution in [0.4, 0.5) is 28.4 Å². The first-order valence-electron chi connectivity index (χ1n) is 11.4. The van der Waals surface area contributed by atoms with Crippen LogP contribution in [0.15, 0.2) is 137 Å². The molecule has 0 saturated carbocycles. The van der Waals surface area contributed by atoms with Crippen molar-refractivity contribution in [2.45, 2.75) is 0 Å². The molecule has 0 N–H and O–H groups in total. The van der Waals surface area contributed by atoms with E-state index in [4.69, 9.17) is 0 Å². The number of rotatable bonds is 7. The van der Waals surface area contributed by atoms with Crippen LogP contribution >= 0.6 is 0 Å². The molecule has 0 aliphatic rings. The molecule has 0 amide bonds. The van der Waals surface area contributed by atoms with Gasteiger partial charge in [-0.2, -0.15) is 0 Å². The van der Waals surface area contributed by atoms with E-state index in [0.717, 1.165) is 39.6 Å². The van der Waals surface area contributed by atoms with Crippen LogP contribution < -0.4 is 4.90 Å². The van der Waals surface area contributed by atoms with Crippen molar-refractivity contribution in [3.8, 4) is 0 Å². The Kier molecular flexibility index (Phi) is 8.73. The molecular formula is C32H23N3Pd. The van der Waals surface area contributed by atoms with Crippen LogP contribution in [0.2, 0.25) is 0 Å². The molecule has 0 heterocycles. The predicted octanol–water partition coefficient (Wildman–Crippen LogP) is 8.26. The summed E-state index contributed by atoms with van der Waals surface area (Å²) in [4.78, 5) is 11.3. The van der Waals surface area contributed by atoms with E-state index in [2.05, 4.69) is 39.2 Å². The molecule has 5 rings (SSSR count). The third kappa shape index (κ3) is 6.52. The molecule has 0 saturated heterocycles. The molecule has 0 fully saturated rings. The number of benzene rings is 5. The van der Waals surface area contributed by atoms with Gasteiger partial charge in [0, 0.05) is 5.69 Å². The van der Waals surface area contributed by atoms with Crippen molar-refractivity contribution in [3.63, 3.8) is 0 Å². The first-order valence-corrected chi connectivity index (χ1v) is 11.4. The smallest absolute Gasteiger partial charge is 0.346 e. The standard InChI is InChI=1S/C32H23N3.Pd/c1-4-14-28(15-5-1)33-24-26-12-10-20-31(22-26)35(30-18-8-3-9-19-30)32-21-11-13-27(23-32)25-34-29-16-6-2-7-17-29;/h1-21,24-25H;/q-2;+2. The van der Waals surface area contributed by atoms with Gasteiger partial charge in [0.1, 0.15) is 0 Å². The zero-order valence-electron chi connectivity index (χ0n) is 19.4. The Morgan fingerprint density at radius 2 is 0.889 bits per heavy atom.